The Morgan fingerprint density at radius 3 is 2.58 bits per heavy atom. The number of hydrogen-bond donors (Lipinski definition) is 0. The first-order valence-corrected chi connectivity index (χ1v) is 7.73. The Morgan fingerprint density at radius 2 is 1.83 bits per heavy atom. The molecule has 0 atom stereocenters. The first kappa shape index (κ1) is 14.2. The molecule has 0 bridgehead atoms. The smallest absolute Gasteiger partial charge is 0.0991 e. The quantitative estimate of drug-likeness (QED) is 0.581. The van der Waals surface area contributed by atoms with Crippen LogP contribution in [0.3, 0.4) is 0 Å². The average Bonchev–Trinajstić information content (AvgIpc) is 3.25. The highest BCUT2D eigenvalue weighted by Crippen LogP contribution is 2.23. The van der Waals surface area contributed by atoms with E-state index >= 15 is 0 Å². The monoisotopic (exact) mass is 313 g/mol. The van der Waals surface area contributed by atoms with Gasteiger partial charge < -0.3 is 4.57 Å². The maximum atomic E-state index is 8.92. The van der Waals surface area contributed by atoms with E-state index in [0.717, 1.165) is 6.54 Å². The van der Waals surface area contributed by atoms with Crippen LogP contribution < -0.4 is 0 Å². The minimum absolute atomic E-state index is 0.683. The highest BCUT2D eigenvalue weighted by molar-refractivity contribution is 5.84. The van der Waals surface area contributed by atoms with Crippen LogP contribution in [0.4, 0.5) is 0 Å². The Balaban J connectivity index is 1.71. The number of nitrogens with zero attached hydrogens (tertiary/aromatic N) is 5. The van der Waals surface area contributed by atoms with Gasteiger partial charge in [0.05, 0.1) is 24.4 Å². The molecule has 2 aromatic carbocycles. The van der Waals surface area contributed by atoms with E-state index in [-0.39, 0.29) is 0 Å². The minimum atomic E-state index is 0.683. The number of hydrogen-bond acceptors (Lipinski definition) is 3. The van der Waals surface area contributed by atoms with Gasteiger partial charge >= 0.3 is 0 Å². The van der Waals surface area contributed by atoms with E-state index in [0.29, 0.717) is 12.1 Å². The Labute approximate surface area is 139 Å². The first-order valence-electron chi connectivity index (χ1n) is 7.73. The fourth-order valence-corrected chi connectivity index (χ4v) is 2.95. The third kappa shape index (κ3) is 2.66. The molecule has 0 saturated carbocycles. The van der Waals surface area contributed by atoms with Crippen molar-refractivity contribution >= 4 is 10.9 Å². The molecule has 0 unspecified atom stereocenters. The van der Waals surface area contributed by atoms with Crippen LogP contribution in [-0.2, 0) is 13.1 Å². The van der Waals surface area contributed by atoms with Gasteiger partial charge in [-0.1, -0.05) is 35.5 Å². The molecule has 4 aromatic rings. The molecule has 0 radical (unpaired) electrons. The number of para-hydroxylation sites is 1. The van der Waals surface area contributed by atoms with Gasteiger partial charge in [-0.2, -0.15) is 5.26 Å². The van der Waals surface area contributed by atoms with Gasteiger partial charge in [0, 0.05) is 29.8 Å². The number of nitriles is 1. The summed E-state index contributed by atoms with van der Waals surface area (Å²) in [5.41, 5.74) is 4.26. The van der Waals surface area contributed by atoms with Gasteiger partial charge in [-0.3, -0.25) is 0 Å². The molecular formula is C19H15N5. The van der Waals surface area contributed by atoms with Crippen LogP contribution in [0.5, 0.6) is 0 Å². The second kappa shape index (κ2) is 6.01. The predicted octanol–water partition coefficient (Wildman–Crippen LogP) is 3.20. The third-order valence-electron chi connectivity index (χ3n) is 4.11. The summed E-state index contributed by atoms with van der Waals surface area (Å²) in [6.45, 7) is 1.46. The van der Waals surface area contributed by atoms with E-state index in [1.807, 2.05) is 35.1 Å². The van der Waals surface area contributed by atoms with E-state index in [4.69, 9.17) is 5.26 Å². The zero-order chi connectivity index (χ0) is 16.4. The first-order chi connectivity index (χ1) is 11.8. The number of aromatic nitrogens is 4. The molecule has 0 fully saturated rings. The van der Waals surface area contributed by atoms with Crippen molar-refractivity contribution in [1.29, 1.82) is 5.26 Å². The molecule has 0 N–H and O–H groups in total. The molecule has 0 saturated heterocycles. The van der Waals surface area contributed by atoms with Crippen molar-refractivity contribution in [3.8, 4) is 6.07 Å². The zero-order valence-corrected chi connectivity index (χ0v) is 13.0. The number of fused-ring (bicyclic) bond motifs is 1. The van der Waals surface area contributed by atoms with Crippen molar-refractivity contribution in [2.45, 2.75) is 13.1 Å². The third-order valence-corrected chi connectivity index (χ3v) is 4.11. The normalized spacial score (nSPS) is 10.8. The van der Waals surface area contributed by atoms with E-state index in [1.165, 1.54) is 22.0 Å². The van der Waals surface area contributed by atoms with Crippen LogP contribution in [-0.4, -0.2) is 19.6 Å². The van der Waals surface area contributed by atoms with E-state index in [1.54, 1.807) is 6.20 Å². The Kier molecular flexibility index (Phi) is 3.56. The van der Waals surface area contributed by atoms with Crippen LogP contribution in [0, 0.1) is 11.3 Å². The summed E-state index contributed by atoms with van der Waals surface area (Å²) in [7, 11) is 0. The highest BCUT2D eigenvalue weighted by atomic mass is 15.4. The van der Waals surface area contributed by atoms with Crippen molar-refractivity contribution in [2.24, 2.45) is 0 Å². The summed E-state index contributed by atoms with van der Waals surface area (Å²) in [6, 6.07) is 18.3. The molecule has 0 aliphatic rings. The van der Waals surface area contributed by atoms with Gasteiger partial charge in [0.1, 0.15) is 0 Å². The van der Waals surface area contributed by atoms with E-state index in [9.17, 15) is 0 Å². The van der Waals surface area contributed by atoms with Gasteiger partial charge in [-0.05, 0) is 29.3 Å². The van der Waals surface area contributed by atoms with Gasteiger partial charge in [-0.15, -0.1) is 5.10 Å². The van der Waals surface area contributed by atoms with Gasteiger partial charge in [-0.25, -0.2) is 4.68 Å². The van der Waals surface area contributed by atoms with Crippen LogP contribution in [0.25, 0.3) is 10.9 Å². The maximum absolute atomic E-state index is 8.92. The SMILES string of the molecule is N#Cc1ccc(Cn2cc(Cn3ccnn3)c3ccccc32)cc1. The summed E-state index contributed by atoms with van der Waals surface area (Å²) < 4.78 is 4.07. The molecule has 0 aliphatic carbocycles. The molecular weight excluding hydrogens is 298 g/mol. The predicted molar refractivity (Wildman–Crippen MR) is 91.3 cm³/mol. The van der Waals surface area contributed by atoms with Crippen LogP contribution in [0.1, 0.15) is 16.7 Å². The second-order valence-corrected chi connectivity index (χ2v) is 5.71. The summed E-state index contributed by atoms with van der Waals surface area (Å²) in [6.07, 6.45) is 5.73. The Morgan fingerprint density at radius 1 is 1.00 bits per heavy atom. The van der Waals surface area contributed by atoms with E-state index in [2.05, 4.69) is 51.4 Å². The van der Waals surface area contributed by atoms with Gasteiger partial charge in [0.25, 0.3) is 0 Å². The van der Waals surface area contributed by atoms with Crippen molar-refractivity contribution in [3.63, 3.8) is 0 Å². The lowest BCUT2D eigenvalue weighted by Gasteiger charge is -2.05. The molecule has 0 amide bonds. The Hall–Kier alpha value is -3.39. The molecule has 4 rings (SSSR count). The zero-order valence-electron chi connectivity index (χ0n) is 13.0. The van der Waals surface area contributed by atoms with Gasteiger partial charge in [0.2, 0.25) is 0 Å². The average molecular weight is 313 g/mol. The molecule has 24 heavy (non-hydrogen) atoms. The fourth-order valence-electron chi connectivity index (χ4n) is 2.95. The molecule has 2 aromatic heterocycles. The minimum Gasteiger partial charge on any atom is -0.343 e. The van der Waals surface area contributed by atoms with Crippen LogP contribution in [0.2, 0.25) is 0 Å². The largest absolute Gasteiger partial charge is 0.343 e. The summed E-state index contributed by atoms with van der Waals surface area (Å²) in [4.78, 5) is 0. The van der Waals surface area contributed by atoms with Crippen molar-refractivity contribution < 1.29 is 0 Å². The van der Waals surface area contributed by atoms with Gasteiger partial charge in [0.15, 0.2) is 0 Å². The van der Waals surface area contributed by atoms with Crippen molar-refractivity contribution in [3.05, 3.63) is 83.8 Å². The number of rotatable bonds is 4. The summed E-state index contributed by atoms with van der Waals surface area (Å²) in [5, 5.41) is 18.1. The topological polar surface area (TPSA) is 59.4 Å². The summed E-state index contributed by atoms with van der Waals surface area (Å²) >= 11 is 0. The van der Waals surface area contributed by atoms with Crippen molar-refractivity contribution in [2.75, 3.05) is 0 Å². The standard InChI is InChI=1S/C19H15N5/c20-11-15-5-7-16(8-6-15)12-23-13-17(14-24-10-9-21-22-24)18-3-1-2-4-19(18)23/h1-10,13H,12,14H2. The summed E-state index contributed by atoms with van der Waals surface area (Å²) in [5.74, 6) is 0. The van der Waals surface area contributed by atoms with Crippen LogP contribution in [0.15, 0.2) is 67.1 Å². The number of benzene rings is 2. The molecule has 0 spiro atoms. The maximum Gasteiger partial charge on any atom is 0.0991 e. The molecule has 0 aliphatic heterocycles. The lowest BCUT2D eigenvalue weighted by molar-refractivity contribution is 0.650. The van der Waals surface area contributed by atoms with Crippen LogP contribution >= 0.6 is 0 Å². The fraction of sp³-hybridized carbons (Fsp3) is 0.105. The molecule has 5 heteroatoms. The lowest BCUT2D eigenvalue weighted by Crippen LogP contribution is -2.00. The second-order valence-electron chi connectivity index (χ2n) is 5.71. The Bertz CT molecular complexity index is 1000. The molecule has 5 nitrogen and oxygen atoms in total. The lowest BCUT2D eigenvalue weighted by atomic mass is 10.1. The molecule has 116 valence electrons. The highest BCUT2D eigenvalue weighted by Gasteiger charge is 2.09. The van der Waals surface area contributed by atoms with E-state index < -0.39 is 0 Å². The molecule has 2 heterocycles. The van der Waals surface area contributed by atoms with Crippen molar-refractivity contribution in [1.82, 2.24) is 19.6 Å².